The Bertz CT molecular complexity index is 420. The third-order valence-electron chi connectivity index (χ3n) is 2.79. The third kappa shape index (κ3) is 4.87. The van der Waals surface area contributed by atoms with E-state index in [4.69, 9.17) is 4.74 Å². The van der Waals surface area contributed by atoms with E-state index in [2.05, 4.69) is 5.32 Å². The van der Waals surface area contributed by atoms with Gasteiger partial charge in [0.25, 0.3) is 5.91 Å². The fourth-order valence-electron chi connectivity index (χ4n) is 1.82. The van der Waals surface area contributed by atoms with Crippen LogP contribution in [0.3, 0.4) is 0 Å². The van der Waals surface area contributed by atoms with Gasteiger partial charge >= 0.3 is 0 Å². The Hall–Kier alpha value is -1.62. The molecule has 0 bridgehead atoms. The van der Waals surface area contributed by atoms with Crippen molar-refractivity contribution in [3.63, 3.8) is 0 Å². The summed E-state index contributed by atoms with van der Waals surface area (Å²) in [5.41, 5.74) is 0.785. The van der Waals surface area contributed by atoms with Crippen LogP contribution < -0.4 is 10.1 Å². The molecule has 106 valence electrons. The van der Waals surface area contributed by atoms with Crippen LogP contribution in [-0.2, 0) is 11.3 Å². The van der Waals surface area contributed by atoms with E-state index in [0.717, 1.165) is 5.56 Å². The predicted octanol–water partition coefficient (Wildman–Crippen LogP) is 1.79. The molecule has 0 aliphatic rings. The Kier molecular flexibility index (Phi) is 6.29. The zero-order valence-electron chi connectivity index (χ0n) is 11.7. The summed E-state index contributed by atoms with van der Waals surface area (Å²) in [5.74, 6) is -0.0757. The molecule has 4 nitrogen and oxygen atoms in total. The fraction of sp³-hybridized carbons (Fsp3) is 0.500. The molecule has 0 heterocycles. The second-order valence-electron chi connectivity index (χ2n) is 4.18. The van der Waals surface area contributed by atoms with E-state index in [9.17, 15) is 9.18 Å². The van der Waals surface area contributed by atoms with Crippen molar-refractivity contribution in [1.29, 1.82) is 0 Å². The molecule has 1 rings (SSSR count). The monoisotopic (exact) mass is 268 g/mol. The number of hydrogen-bond acceptors (Lipinski definition) is 3. The Labute approximate surface area is 113 Å². The Morgan fingerprint density at radius 3 is 2.58 bits per heavy atom. The lowest BCUT2D eigenvalue weighted by Gasteiger charge is -2.18. The molecule has 0 saturated carbocycles. The highest BCUT2D eigenvalue weighted by molar-refractivity contribution is 5.77. The summed E-state index contributed by atoms with van der Waals surface area (Å²) in [4.78, 5) is 13.4. The first-order chi connectivity index (χ1) is 9.10. The maximum absolute atomic E-state index is 13.4. The van der Waals surface area contributed by atoms with Crippen LogP contribution >= 0.6 is 0 Å². The lowest BCUT2D eigenvalue weighted by Crippen LogP contribution is -2.34. The van der Waals surface area contributed by atoms with Crippen LogP contribution in [-0.4, -0.2) is 37.6 Å². The number of nitrogens with zero attached hydrogens (tertiary/aromatic N) is 1. The smallest absolute Gasteiger partial charge is 0.260 e. The zero-order chi connectivity index (χ0) is 14.3. The maximum atomic E-state index is 13.4. The molecule has 0 aromatic heterocycles. The summed E-state index contributed by atoms with van der Waals surface area (Å²) >= 11 is 0. The molecule has 0 unspecified atom stereocenters. The normalized spacial score (nSPS) is 10.3. The van der Waals surface area contributed by atoms with Crippen LogP contribution in [0, 0.1) is 5.82 Å². The SMILES string of the molecule is CCN(CC)C(=O)COc1cc(F)cc(CNC)c1. The molecule has 0 spiro atoms. The van der Waals surface area contributed by atoms with Crippen molar-refractivity contribution >= 4 is 5.91 Å². The van der Waals surface area contributed by atoms with E-state index in [-0.39, 0.29) is 18.3 Å². The highest BCUT2D eigenvalue weighted by Gasteiger charge is 2.10. The minimum atomic E-state index is -0.363. The van der Waals surface area contributed by atoms with E-state index < -0.39 is 0 Å². The quantitative estimate of drug-likeness (QED) is 0.820. The van der Waals surface area contributed by atoms with Gasteiger partial charge in [-0.25, -0.2) is 4.39 Å². The molecule has 0 saturated heterocycles. The Morgan fingerprint density at radius 2 is 2.00 bits per heavy atom. The highest BCUT2D eigenvalue weighted by atomic mass is 19.1. The molecule has 0 radical (unpaired) electrons. The van der Waals surface area contributed by atoms with Crippen molar-refractivity contribution in [2.45, 2.75) is 20.4 Å². The zero-order valence-corrected chi connectivity index (χ0v) is 11.7. The first-order valence-electron chi connectivity index (χ1n) is 6.45. The minimum Gasteiger partial charge on any atom is -0.484 e. The molecule has 0 aliphatic carbocycles. The van der Waals surface area contributed by atoms with Gasteiger partial charge in [-0.2, -0.15) is 0 Å². The van der Waals surface area contributed by atoms with Gasteiger partial charge in [0.15, 0.2) is 6.61 Å². The number of hydrogen-bond donors (Lipinski definition) is 1. The van der Waals surface area contributed by atoms with Gasteiger partial charge in [0, 0.05) is 25.7 Å². The number of likely N-dealkylation sites (N-methyl/N-ethyl adjacent to an activating group) is 1. The van der Waals surface area contributed by atoms with Gasteiger partial charge in [-0.15, -0.1) is 0 Å². The van der Waals surface area contributed by atoms with Crippen LogP contribution in [0.5, 0.6) is 5.75 Å². The van der Waals surface area contributed by atoms with Crippen molar-refractivity contribution in [3.8, 4) is 5.75 Å². The number of rotatable bonds is 7. The summed E-state index contributed by atoms with van der Waals surface area (Å²) in [5, 5.41) is 2.94. The molecular formula is C14H21FN2O2. The van der Waals surface area contributed by atoms with Gasteiger partial charge in [0.1, 0.15) is 11.6 Å². The fourth-order valence-corrected chi connectivity index (χ4v) is 1.82. The van der Waals surface area contributed by atoms with Crippen LogP contribution in [0.1, 0.15) is 19.4 Å². The summed E-state index contributed by atoms with van der Waals surface area (Å²) in [6.45, 7) is 5.60. The molecule has 0 atom stereocenters. The molecule has 19 heavy (non-hydrogen) atoms. The second kappa shape index (κ2) is 7.74. The lowest BCUT2D eigenvalue weighted by atomic mass is 10.2. The summed E-state index contributed by atoms with van der Waals surface area (Å²) in [7, 11) is 1.79. The highest BCUT2D eigenvalue weighted by Crippen LogP contribution is 2.16. The Balaban J connectivity index is 2.64. The number of carbonyl (C=O) groups excluding carboxylic acids is 1. The second-order valence-corrected chi connectivity index (χ2v) is 4.18. The van der Waals surface area contributed by atoms with E-state index >= 15 is 0 Å². The Morgan fingerprint density at radius 1 is 1.32 bits per heavy atom. The summed E-state index contributed by atoms with van der Waals surface area (Å²) in [6, 6.07) is 4.46. The van der Waals surface area contributed by atoms with E-state index in [0.29, 0.717) is 25.4 Å². The number of benzene rings is 1. The molecule has 0 fully saturated rings. The topological polar surface area (TPSA) is 41.6 Å². The molecule has 1 aromatic rings. The van der Waals surface area contributed by atoms with Crippen molar-refractivity contribution in [3.05, 3.63) is 29.6 Å². The summed E-state index contributed by atoms with van der Waals surface area (Å²) in [6.07, 6.45) is 0. The van der Waals surface area contributed by atoms with Gasteiger partial charge in [0.05, 0.1) is 0 Å². The minimum absolute atomic E-state index is 0.0654. The van der Waals surface area contributed by atoms with Gasteiger partial charge in [0.2, 0.25) is 0 Å². The van der Waals surface area contributed by atoms with Gasteiger partial charge in [-0.05, 0) is 38.6 Å². The molecule has 1 aromatic carbocycles. The standard InChI is InChI=1S/C14H21FN2O2/c1-4-17(5-2)14(18)10-19-13-7-11(9-16-3)6-12(15)8-13/h6-8,16H,4-5,9-10H2,1-3H3. The number of carbonyl (C=O) groups is 1. The number of ether oxygens (including phenoxy) is 1. The molecule has 5 heteroatoms. The first-order valence-corrected chi connectivity index (χ1v) is 6.45. The van der Waals surface area contributed by atoms with Crippen molar-refractivity contribution < 1.29 is 13.9 Å². The summed E-state index contributed by atoms with van der Waals surface area (Å²) < 4.78 is 18.7. The lowest BCUT2D eigenvalue weighted by molar-refractivity contribution is -0.132. The average molecular weight is 268 g/mol. The molecule has 1 N–H and O–H groups in total. The van der Waals surface area contributed by atoms with Crippen molar-refractivity contribution in [2.75, 3.05) is 26.7 Å². The maximum Gasteiger partial charge on any atom is 0.260 e. The largest absolute Gasteiger partial charge is 0.484 e. The van der Waals surface area contributed by atoms with E-state index in [1.165, 1.54) is 12.1 Å². The van der Waals surface area contributed by atoms with Crippen molar-refractivity contribution in [2.24, 2.45) is 0 Å². The molecule has 1 amide bonds. The number of amides is 1. The molecular weight excluding hydrogens is 247 g/mol. The average Bonchev–Trinajstić information content (AvgIpc) is 2.37. The predicted molar refractivity (Wildman–Crippen MR) is 72.6 cm³/mol. The molecule has 0 aliphatic heterocycles. The van der Waals surface area contributed by atoms with Crippen LogP contribution in [0.25, 0.3) is 0 Å². The van der Waals surface area contributed by atoms with E-state index in [1.807, 2.05) is 13.8 Å². The number of halogens is 1. The van der Waals surface area contributed by atoms with E-state index in [1.54, 1.807) is 18.0 Å². The number of nitrogens with one attached hydrogen (secondary N) is 1. The van der Waals surface area contributed by atoms with Crippen molar-refractivity contribution in [1.82, 2.24) is 10.2 Å². The first kappa shape index (κ1) is 15.4. The van der Waals surface area contributed by atoms with Gasteiger partial charge in [-0.1, -0.05) is 0 Å². The van der Waals surface area contributed by atoms with Crippen LogP contribution in [0.2, 0.25) is 0 Å². The van der Waals surface area contributed by atoms with Gasteiger partial charge in [-0.3, -0.25) is 4.79 Å². The van der Waals surface area contributed by atoms with Crippen LogP contribution in [0.4, 0.5) is 4.39 Å². The third-order valence-corrected chi connectivity index (χ3v) is 2.79. The van der Waals surface area contributed by atoms with Crippen LogP contribution in [0.15, 0.2) is 18.2 Å². The van der Waals surface area contributed by atoms with Gasteiger partial charge < -0.3 is 15.0 Å².